The zero-order chi connectivity index (χ0) is 11.5. The Morgan fingerprint density at radius 3 is 2.50 bits per heavy atom. The molecule has 0 aromatic heterocycles. The van der Waals surface area contributed by atoms with Crippen LogP contribution in [0.15, 0.2) is 24.3 Å². The Labute approximate surface area is 93.4 Å². The lowest BCUT2D eigenvalue weighted by Gasteiger charge is -2.17. The highest BCUT2D eigenvalue weighted by atomic mass is 16.6. The van der Waals surface area contributed by atoms with Gasteiger partial charge in [-0.2, -0.15) is 0 Å². The molecule has 0 amide bonds. The Morgan fingerprint density at radius 2 is 2.00 bits per heavy atom. The highest BCUT2D eigenvalue weighted by Gasteiger charge is 2.25. The van der Waals surface area contributed by atoms with Crippen LogP contribution in [0.5, 0.6) is 5.75 Å². The quantitative estimate of drug-likeness (QED) is 0.625. The number of nitrogens with zero attached hydrogens (tertiary/aromatic N) is 1. The maximum absolute atomic E-state index is 10.5. The second kappa shape index (κ2) is 4.49. The van der Waals surface area contributed by atoms with Gasteiger partial charge < -0.3 is 10.5 Å². The third-order valence-corrected chi connectivity index (χ3v) is 2.84. The van der Waals surface area contributed by atoms with E-state index in [9.17, 15) is 10.1 Å². The van der Waals surface area contributed by atoms with E-state index >= 15 is 0 Å². The van der Waals surface area contributed by atoms with Crippen molar-refractivity contribution in [1.29, 1.82) is 0 Å². The first-order valence-corrected chi connectivity index (χ1v) is 5.33. The summed E-state index contributed by atoms with van der Waals surface area (Å²) in [5, 5.41) is 10.5. The van der Waals surface area contributed by atoms with Gasteiger partial charge in [-0.05, 0) is 31.4 Å². The highest BCUT2D eigenvalue weighted by molar-refractivity contribution is 5.36. The number of non-ortho nitro benzene ring substituents is 1. The van der Waals surface area contributed by atoms with Crippen LogP contribution in [0, 0.1) is 10.1 Å². The van der Waals surface area contributed by atoms with E-state index in [4.69, 9.17) is 10.5 Å². The van der Waals surface area contributed by atoms with Crippen molar-refractivity contribution in [2.45, 2.75) is 31.4 Å². The monoisotopic (exact) mass is 222 g/mol. The summed E-state index contributed by atoms with van der Waals surface area (Å²) in [4.78, 5) is 10.0. The summed E-state index contributed by atoms with van der Waals surface area (Å²) < 4.78 is 5.67. The van der Waals surface area contributed by atoms with E-state index in [1.54, 1.807) is 12.1 Å². The Bertz CT molecular complexity index is 377. The fourth-order valence-electron chi connectivity index (χ4n) is 1.92. The minimum atomic E-state index is -0.426. The third kappa shape index (κ3) is 2.30. The second-order valence-electron chi connectivity index (χ2n) is 4.00. The van der Waals surface area contributed by atoms with Crippen molar-refractivity contribution in [2.75, 3.05) is 0 Å². The van der Waals surface area contributed by atoms with E-state index in [1.807, 2.05) is 0 Å². The van der Waals surface area contributed by atoms with E-state index in [1.165, 1.54) is 12.1 Å². The normalized spacial score (nSPS) is 24.3. The van der Waals surface area contributed by atoms with Crippen molar-refractivity contribution in [3.05, 3.63) is 34.4 Å². The van der Waals surface area contributed by atoms with Crippen molar-refractivity contribution in [3.8, 4) is 5.75 Å². The molecule has 1 aliphatic rings. The van der Waals surface area contributed by atoms with Gasteiger partial charge in [0.05, 0.1) is 4.92 Å². The third-order valence-electron chi connectivity index (χ3n) is 2.84. The van der Waals surface area contributed by atoms with E-state index in [-0.39, 0.29) is 17.8 Å². The number of benzene rings is 1. The molecule has 2 N–H and O–H groups in total. The van der Waals surface area contributed by atoms with Crippen molar-refractivity contribution in [2.24, 2.45) is 5.73 Å². The molecule has 1 fully saturated rings. The molecular weight excluding hydrogens is 208 g/mol. The summed E-state index contributed by atoms with van der Waals surface area (Å²) in [7, 11) is 0. The van der Waals surface area contributed by atoms with Crippen molar-refractivity contribution < 1.29 is 9.66 Å². The van der Waals surface area contributed by atoms with Crippen molar-refractivity contribution >= 4 is 5.69 Å². The Hall–Kier alpha value is -1.62. The average Bonchev–Trinajstić information content (AvgIpc) is 2.65. The maximum Gasteiger partial charge on any atom is 0.269 e. The number of nitro benzene ring substituents is 1. The van der Waals surface area contributed by atoms with Crippen LogP contribution in [0.2, 0.25) is 0 Å². The van der Waals surface area contributed by atoms with Crippen LogP contribution in [-0.4, -0.2) is 17.1 Å². The van der Waals surface area contributed by atoms with Crippen LogP contribution < -0.4 is 10.5 Å². The summed E-state index contributed by atoms with van der Waals surface area (Å²) in [6.45, 7) is 0. The van der Waals surface area contributed by atoms with Crippen LogP contribution in [-0.2, 0) is 0 Å². The zero-order valence-electron chi connectivity index (χ0n) is 8.83. The average molecular weight is 222 g/mol. The van der Waals surface area contributed by atoms with E-state index in [0.29, 0.717) is 5.75 Å². The summed E-state index contributed by atoms with van der Waals surface area (Å²) in [5.41, 5.74) is 5.94. The lowest BCUT2D eigenvalue weighted by Crippen LogP contribution is -2.33. The molecular formula is C11H14N2O3. The number of rotatable bonds is 3. The molecule has 1 aromatic carbocycles. The van der Waals surface area contributed by atoms with Crippen LogP contribution in [0.1, 0.15) is 19.3 Å². The number of nitro groups is 1. The SMILES string of the molecule is NC1CCCC1Oc1ccc([N+](=O)[O-])cc1. The summed E-state index contributed by atoms with van der Waals surface area (Å²) in [5.74, 6) is 0.646. The molecule has 1 saturated carbocycles. The molecule has 86 valence electrons. The van der Waals surface area contributed by atoms with Gasteiger partial charge >= 0.3 is 0 Å². The molecule has 1 aliphatic carbocycles. The highest BCUT2D eigenvalue weighted by Crippen LogP contribution is 2.24. The van der Waals surface area contributed by atoms with Gasteiger partial charge in [0.1, 0.15) is 11.9 Å². The van der Waals surface area contributed by atoms with Gasteiger partial charge in [-0.1, -0.05) is 0 Å². The van der Waals surface area contributed by atoms with Gasteiger partial charge in [0, 0.05) is 18.2 Å². The van der Waals surface area contributed by atoms with Gasteiger partial charge in [-0.3, -0.25) is 10.1 Å². The zero-order valence-corrected chi connectivity index (χ0v) is 8.83. The van der Waals surface area contributed by atoms with E-state index in [0.717, 1.165) is 19.3 Å². The van der Waals surface area contributed by atoms with E-state index in [2.05, 4.69) is 0 Å². The van der Waals surface area contributed by atoms with Crippen molar-refractivity contribution in [1.82, 2.24) is 0 Å². The fraction of sp³-hybridized carbons (Fsp3) is 0.455. The smallest absolute Gasteiger partial charge is 0.269 e. The largest absolute Gasteiger partial charge is 0.489 e. The number of ether oxygens (including phenoxy) is 1. The van der Waals surface area contributed by atoms with Crippen LogP contribution in [0.25, 0.3) is 0 Å². The molecule has 0 spiro atoms. The molecule has 5 heteroatoms. The fourth-order valence-corrected chi connectivity index (χ4v) is 1.92. The molecule has 5 nitrogen and oxygen atoms in total. The second-order valence-corrected chi connectivity index (χ2v) is 4.00. The van der Waals surface area contributed by atoms with Crippen LogP contribution in [0.3, 0.4) is 0 Å². The molecule has 0 radical (unpaired) electrons. The Morgan fingerprint density at radius 1 is 1.31 bits per heavy atom. The minimum absolute atomic E-state index is 0.0430. The predicted molar refractivity (Wildman–Crippen MR) is 59.3 cm³/mol. The first-order chi connectivity index (χ1) is 7.66. The van der Waals surface area contributed by atoms with Crippen LogP contribution in [0.4, 0.5) is 5.69 Å². The van der Waals surface area contributed by atoms with Gasteiger partial charge in [0.25, 0.3) is 5.69 Å². The standard InChI is InChI=1S/C11H14N2O3/c12-10-2-1-3-11(10)16-9-6-4-8(5-7-9)13(14)15/h4-7,10-11H,1-3,12H2. The Kier molecular flexibility index (Phi) is 3.05. The molecule has 16 heavy (non-hydrogen) atoms. The number of hydrogen-bond donors (Lipinski definition) is 1. The molecule has 1 aromatic rings. The van der Waals surface area contributed by atoms with Gasteiger partial charge in [0.15, 0.2) is 0 Å². The minimum Gasteiger partial charge on any atom is -0.489 e. The van der Waals surface area contributed by atoms with Crippen molar-refractivity contribution in [3.63, 3.8) is 0 Å². The van der Waals surface area contributed by atoms with Gasteiger partial charge in [0.2, 0.25) is 0 Å². The van der Waals surface area contributed by atoms with E-state index < -0.39 is 4.92 Å². The maximum atomic E-state index is 10.5. The molecule has 0 heterocycles. The molecule has 2 atom stereocenters. The molecule has 0 aliphatic heterocycles. The number of hydrogen-bond acceptors (Lipinski definition) is 4. The summed E-state index contributed by atoms with van der Waals surface area (Å²) in [6.07, 6.45) is 3.07. The first-order valence-electron chi connectivity index (χ1n) is 5.33. The summed E-state index contributed by atoms with van der Waals surface area (Å²) >= 11 is 0. The first kappa shape index (κ1) is 10.9. The lowest BCUT2D eigenvalue weighted by molar-refractivity contribution is -0.384. The van der Waals surface area contributed by atoms with Crippen LogP contribution >= 0.6 is 0 Å². The summed E-state index contributed by atoms with van der Waals surface area (Å²) in [6, 6.07) is 6.19. The van der Waals surface area contributed by atoms with Gasteiger partial charge in [-0.15, -0.1) is 0 Å². The van der Waals surface area contributed by atoms with Gasteiger partial charge in [-0.25, -0.2) is 0 Å². The predicted octanol–water partition coefficient (Wildman–Crippen LogP) is 1.85. The topological polar surface area (TPSA) is 78.4 Å². The molecule has 2 unspecified atom stereocenters. The number of nitrogens with two attached hydrogens (primary N) is 1. The molecule has 0 bridgehead atoms. The Balaban J connectivity index is 2.02. The lowest BCUT2D eigenvalue weighted by atomic mass is 10.2. The molecule has 0 saturated heterocycles. The molecule has 2 rings (SSSR count).